The van der Waals surface area contributed by atoms with Gasteiger partial charge in [-0.15, -0.1) is 0 Å². The minimum atomic E-state index is -0.569. The van der Waals surface area contributed by atoms with Gasteiger partial charge in [0.2, 0.25) is 0 Å². The van der Waals surface area contributed by atoms with Gasteiger partial charge < -0.3 is 9.84 Å². The zero-order valence-electron chi connectivity index (χ0n) is 11.6. The van der Waals surface area contributed by atoms with Crippen LogP contribution < -0.4 is 4.74 Å². The van der Waals surface area contributed by atoms with Crippen LogP contribution in [0.5, 0.6) is 5.75 Å². The molecule has 0 aliphatic heterocycles. The highest BCUT2D eigenvalue weighted by Crippen LogP contribution is 2.41. The smallest absolute Gasteiger partial charge is 0.124 e. The summed E-state index contributed by atoms with van der Waals surface area (Å²) in [7, 11) is 1.64. The van der Waals surface area contributed by atoms with Gasteiger partial charge in [-0.25, -0.2) is 0 Å². The van der Waals surface area contributed by atoms with Crippen LogP contribution in [0.4, 0.5) is 0 Å². The Hall–Kier alpha value is -1.87. The number of aliphatic hydroxyl groups is 1. The molecule has 0 amide bonds. The predicted octanol–water partition coefficient (Wildman–Crippen LogP) is 3.24. The van der Waals surface area contributed by atoms with Crippen molar-refractivity contribution in [2.24, 2.45) is 0 Å². The Labute approximate surface area is 119 Å². The first kappa shape index (κ1) is 13.1. The summed E-state index contributed by atoms with van der Waals surface area (Å²) in [6.45, 7) is 0. The van der Waals surface area contributed by atoms with Gasteiger partial charge in [0.1, 0.15) is 5.75 Å². The summed E-state index contributed by atoms with van der Waals surface area (Å²) in [5.74, 6) is 0.791. The molecule has 3 heteroatoms. The standard InChI is InChI=1S/C17H19NO2/c1-20-15-10-3-2-8-13(15)17(19)14-9-4-6-12-7-5-11-18-16(12)14/h2-3,5,7-8,10-11,14,17,19H,4,6,9H2,1H3. The molecule has 0 saturated carbocycles. The predicted molar refractivity (Wildman–Crippen MR) is 77.9 cm³/mol. The van der Waals surface area contributed by atoms with E-state index in [0.717, 1.165) is 36.3 Å². The van der Waals surface area contributed by atoms with Gasteiger partial charge in [-0.1, -0.05) is 24.3 Å². The van der Waals surface area contributed by atoms with Crippen LogP contribution in [-0.2, 0) is 6.42 Å². The number of fused-ring (bicyclic) bond motifs is 1. The lowest BCUT2D eigenvalue weighted by Crippen LogP contribution is -2.19. The average molecular weight is 269 g/mol. The first-order chi connectivity index (χ1) is 9.81. The highest BCUT2D eigenvalue weighted by molar-refractivity contribution is 5.38. The van der Waals surface area contributed by atoms with Gasteiger partial charge in [-0.2, -0.15) is 0 Å². The monoisotopic (exact) mass is 269 g/mol. The van der Waals surface area contributed by atoms with Gasteiger partial charge in [0.25, 0.3) is 0 Å². The molecule has 0 saturated heterocycles. The molecule has 104 valence electrons. The normalized spacial score (nSPS) is 19.2. The molecule has 3 nitrogen and oxygen atoms in total. The fraction of sp³-hybridized carbons (Fsp3) is 0.353. The third kappa shape index (κ3) is 2.29. The Morgan fingerprint density at radius 3 is 2.95 bits per heavy atom. The molecule has 1 aromatic carbocycles. The number of aliphatic hydroxyl groups excluding tert-OH is 1. The van der Waals surface area contributed by atoms with Crippen molar-refractivity contribution in [2.75, 3.05) is 7.11 Å². The Bertz CT molecular complexity index is 597. The second-order valence-electron chi connectivity index (χ2n) is 5.23. The maximum absolute atomic E-state index is 10.8. The summed E-state index contributed by atoms with van der Waals surface area (Å²) in [4.78, 5) is 4.50. The summed E-state index contributed by atoms with van der Waals surface area (Å²) in [5.41, 5.74) is 3.15. The molecular weight excluding hydrogens is 250 g/mol. The molecule has 2 unspecified atom stereocenters. The quantitative estimate of drug-likeness (QED) is 0.930. The van der Waals surface area contributed by atoms with Crippen molar-refractivity contribution < 1.29 is 9.84 Å². The lowest BCUT2D eigenvalue weighted by atomic mass is 9.81. The molecule has 1 aromatic heterocycles. The Morgan fingerprint density at radius 1 is 1.25 bits per heavy atom. The maximum Gasteiger partial charge on any atom is 0.124 e. The number of methoxy groups -OCH3 is 1. The number of ether oxygens (including phenoxy) is 1. The number of rotatable bonds is 3. The van der Waals surface area contributed by atoms with E-state index in [4.69, 9.17) is 4.74 Å². The van der Waals surface area contributed by atoms with Gasteiger partial charge in [0, 0.05) is 23.4 Å². The molecule has 1 aliphatic rings. The fourth-order valence-electron chi connectivity index (χ4n) is 3.08. The van der Waals surface area contributed by atoms with Crippen LogP contribution in [-0.4, -0.2) is 17.2 Å². The first-order valence-electron chi connectivity index (χ1n) is 7.06. The van der Waals surface area contributed by atoms with Gasteiger partial charge in [0.15, 0.2) is 0 Å². The van der Waals surface area contributed by atoms with Crippen molar-refractivity contribution in [1.82, 2.24) is 4.98 Å². The summed E-state index contributed by atoms with van der Waals surface area (Å²) in [6, 6.07) is 11.8. The third-order valence-electron chi connectivity index (χ3n) is 4.08. The summed E-state index contributed by atoms with van der Waals surface area (Å²) >= 11 is 0. The summed E-state index contributed by atoms with van der Waals surface area (Å²) in [5, 5.41) is 10.8. The number of aromatic nitrogens is 1. The van der Waals surface area contributed by atoms with E-state index in [1.807, 2.05) is 36.5 Å². The van der Waals surface area contributed by atoms with E-state index in [-0.39, 0.29) is 5.92 Å². The summed E-state index contributed by atoms with van der Waals surface area (Å²) < 4.78 is 5.36. The number of para-hydroxylation sites is 1. The molecule has 0 radical (unpaired) electrons. The fourth-order valence-corrected chi connectivity index (χ4v) is 3.08. The van der Waals surface area contributed by atoms with Crippen molar-refractivity contribution >= 4 is 0 Å². The Morgan fingerprint density at radius 2 is 2.10 bits per heavy atom. The second kappa shape index (κ2) is 5.63. The van der Waals surface area contributed by atoms with Crippen molar-refractivity contribution in [3.8, 4) is 5.75 Å². The van der Waals surface area contributed by atoms with Crippen LogP contribution in [0.2, 0.25) is 0 Å². The van der Waals surface area contributed by atoms with Gasteiger partial charge in [-0.05, 0) is 37.0 Å². The van der Waals surface area contributed by atoms with Crippen LogP contribution in [0.15, 0.2) is 42.6 Å². The molecule has 1 aliphatic carbocycles. The molecule has 0 fully saturated rings. The molecule has 1 heterocycles. The lowest BCUT2D eigenvalue weighted by Gasteiger charge is -2.29. The lowest BCUT2D eigenvalue weighted by molar-refractivity contribution is 0.130. The van der Waals surface area contributed by atoms with Gasteiger partial charge >= 0.3 is 0 Å². The maximum atomic E-state index is 10.8. The Kier molecular flexibility index (Phi) is 3.70. The van der Waals surface area contributed by atoms with Crippen LogP contribution in [0.1, 0.15) is 41.7 Å². The minimum absolute atomic E-state index is 0.0521. The van der Waals surface area contributed by atoms with E-state index >= 15 is 0 Å². The van der Waals surface area contributed by atoms with E-state index in [1.54, 1.807) is 7.11 Å². The zero-order chi connectivity index (χ0) is 13.9. The minimum Gasteiger partial charge on any atom is -0.496 e. The first-order valence-corrected chi connectivity index (χ1v) is 7.06. The van der Waals surface area contributed by atoms with Crippen molar-refractivity contribution in [3.63, 3.8) is 0 Å². The number of benzene rings is 1. The van der Waals surface area contributed by atoms with Gasteiger partial charge in [0.05, 0.1) is 13.2 Å². The molecular formula is C17H19NO2. The van der Waals surface area contributed by atoms with Crippen LogP contribution in [0.3, 0.4) is 0 Å². The van der Waals surface area contributed by atoms with E-state index in [2.05, 4.69) is 11.1 Å². The zero-order valence-corrected chi connectivity index (χ0v) is 11.6. The van der Waals surface area contributed by atoms with E-state index in [1.165, 1.54) is 5.56 Å². The van der Waals surface area contributed by atoms with Gasteiger partial charge in [-0.3, -0.25) is 4.98 Å². The molecule has 1 N–H and O–H groups in total. The van der Waals surface area contributed by atoms with Crippen LogP contribution >= 0.6 is 0 Å². The van der Waals surface area contributed by atoms with Crippen molar-refractivity contribution in [1.29, 1.82) is 0 Å². The Balaban J connectivity index is 1.97. The van der Waals surface area contributed by atoms with E-state index in [0.29, 0.717) is 0 Å². The molecule has 2 aromatic rings. The number of nitrogens with zero attached hydrogens (tertiary/aromatic N) is 1. The second-order valence-corrected chi connectivity index (χ2v) is 5.23. The van der Waals surface area contributed by atoms with E-state index < -0.39 is 6.10 Å². The topological polar surface area (TPSA) is 42.4 Å². The molecule has 3 rings (SSSR count). The average Bonchev–Trinajstić information content (AvgIpc) is 2.53. The highest BCUT2D eigenvalue weighted by atomic mass is 16.5. The molecule has 0 spiro atoms. The van der Waals surface area contributed by atoms with E-state index in [9.17, 15) is 5.11 Å². The largest absolute Gasteiger partial charge is 0.496 e. The number of hydrogen-bond acceptors (Lipinski definition) is 3. The van der Waals surface area contributed by atoms with Crippen LogP contribution in [0.25, 0.3) is 0 Å². The third-order valence-corrected chi connectivity index (χ3v) is 4.08. The van der Waals surface area contributed by atoms with Crippen LogP contribution in [0, 0.1) is 0 Å². The molecule has 0 bridgehead atoms. The number of pyridine rings is 1. The molecule has 20 heavy (non-hydrogen) atoms. The highest BCUT2D eigenvalue weighted by Gasteiger charge is 2.30. The number of hydrogen-bond donors (Lipinski definition) is 1. The SMILES string of the molecule is COc1ccccc1C(O)C1CCCc2cccnc21. The number of aryl methyl sites for hydroxylation is 1. The summed E-state index contributed by atoms with van der Waals surface area (Å²) in [6.07, 6.45) is 4.35. The van der Waals surface area contributed by atoms with Crippen molar-refractivity contribution in [3.05, 3.63) is 59.4 Å². The molecule has 2 atom stereocenters. The van der Waals surface area contributed by atoms with Crippen molar-refractivity contribution in [2.45, 2.75) is 31.3 Å².